The van der Waals surface area contributed by atoms with Gasteiger partial charge in [-0.1, -0.05) is 19.8 Å². The number of hydrogen-bond donors (Lipinski definition) is 1. The van der Waals surface area contributed by atoms with Gasteiger partial charge in [-0.3, -0.25) is 4.99 Å². The van der Waals surface area contributed by atoms with E-state index in [-0.39, 0.29) is 0 Å². The molecule has 0 aliphatic heterocycles. The summed E-state index contributed by atoms with van der Waals surface area (Å²) in [5.41, 5.74) is 0.458. The first-order chi connectivity index (χ1) is 9.63. The number of rotatable bonds is 7. The standard InChI is InChI=1S/C16H31N3O/c1-16(8-4-5-9-16)13-18-15(17-2)19(3)10-11-20-12-14-6-7-14/h14H,4-13H2,1-3H3,(H,17,18). The molecule has 2 rings (SSSR count). The van der Waals surface area contributed by atoms with Gasteiger partial charge in [-0.05, 0) is 37.0 Å². The largest absolute Gasteiger partial charge is 0.379 e. The molecule has 0 aromatic heterocycles. The lowest BCUT2D eigenvalue weighted by atomic mass is 9.89. The van der Waals surface area contributed by atoms with Crippen LogP contribution in [0.3, 0.4) is 0 Å². The predicted molar refractivity (Wildman–Crippen MR) is 84.1 cm³/mol. The maximum Gasteiger partial charge on any atom is 0.193 e. The van der Waals surface area contributed by atoms with Crippen molar-refractivity contribution in [2.75, 3.05) is 40.4 Å². The van der Waals surface area contributed by atoms with E-state index in [1.165, 1.54) is 38.5 Å². The molecular weight excluding hydrogens is 250 g/mol. The number of nitrogens with zero attached hydrogens (tertiary/aromatic N) is 2. The first-order valence-corrected chi connectivity index (χ1v) is 8.12. The summed E-state index contributed by atoms with van der Waals surface area (Å²) in [5, 5.41) is 3.53. The summed E-state index contributed by atoms with van der Waals surface area (Å²) >= 11 is 0. The molecule has 0 saturated heterocycles. The summed E-state index contributed by atoms with van der Waals surface area (Å²) in [6.07, 6.45) is 8.15. The maximum atomic E-state index is 5.70. The summed E-state index contributed by atoms with van der Waals surface area (Å²) in [5.74, 6) is 1.84. The number of ether oxygens (including phenoxy) is 1. The molecule has 4 heteroatoms. The fraction of sp³-hybridized carbons (Fsp3) is 0.938. The van der Waals surface area contributed by atoms with E-state index in [0.717, 1.165) is 38.2 Å². The van der Waals surface area contributed by atoms with E-state index in [9.17, 15) is 0 Å². The molecule has 0 heterocycles. The van der Waals surface area contributed by atoms with Crippen LogP contribution in [-0.4, -0.2) is 51.3 Å². The minimum Gasteiger partial charge on any atom is -0.379 e. The van der Waals surface area contributed by atoms with E-state index in [0.29, 0.717) is 5.41 Å². The molecular formula is C16H31N3O. The molecule has 2 aliphatic rings. The van der Waals surface area contributed by atoms with Gasteiger partial charge in [0.25, 0.3) is 0 Å². The molecule has 1 N–H and O–H groups in total. The highest BCUT2D eigenvalue weighted by Gasteiger charge is 2.28. The smallest absolute Gasteiger partial charge is 0.193 e. The molecule has 0 amide bonds. The highest BCUT2D eigenvalue weighted by Crippen LogP contribution is 2.36. The first kappa shape index (κ1) is 15.6. The minimum absolute atomic E-state index is 0.458. The van der Waals surface area contributed by atoms with Gasteiger partial charge in [0.15, 0.2) is 5.96 Å². The van der Waals surface area contributed by atoms with Crippen LogP contribution in [-0.2, 0) is 4.74 Å². The van der Waals surface area contributed by atoms with Crippen LogP contribution in [0.1, 0.15) is 45.4 Å². The van der Waals surface area contributed by atoms with Gasteiger partial charge >= 0.3 is 0 Å². The normalized spacial score (nSPS) is 22.1. The quantitative estimate of drug-likeness (QED) is 0.442. The van der Waals surface area contributed by atoms with Crippen LogP contribution in [0.5, 0.6) is 0 Å². The Morgan fingerprint density at radius 2 is 2.05 bits per heavy atom. The third-order valence-electron chi connectivity index (χ3n) is 4.68. The van der Waals surface area contributed by atoms with Crippen molar-refractivity contribution in [1.29, 1.82) is 0 Å². The second-order valence-corrected chi connectivity index (χ2v) is 6.86. The van der Waals surface area contributed by atoms with Crippen molar-refractivity contribution in [2.24, 2.45) is 16.3 Å². The van der Waals surface area contributed by atoms with Crippen molar-refractivity contribution in [2.45, 2.75) is 45.4 Å². The van der Waals surface area contributed by atoms with Crippen LogP contribution >= 0.6 is 0 Å². The van der Waals surface area contributed by atoms with Crippen LogP contribution in [0, 0.1) is 11.3 Å². The molecule has 0 spiro atoms. The lowest BCUT2D eigenvalue weighted by molar-refractivity contribution is 0.115. The Hall–Kier alpha value is -0.770. The second-order valence-electron chi connectivity index (χ2n) is 6.86. The van der Waals surface area contributed by atoms with E-state index in [1.54, 1.807) is 0 Å². The van der Waals surface area contributed by atoms with Crippen LogP contribution in [0.25, 0.3) is 0 Å². The zero-order valence-electron chi connectivity index (χ0n) is 13.5. The van der Waals surface area contributed by atoms with Crippen molar-refractivity contribution < 1.29 is 4.74 Å². The summed E-state index contributed by atoms with van der Waals surface area (Å²) in [6, 6.07) is 0. The second kappa shape index (κ2) is 7.30. The average molecular weight is 281 g/mol. The van der Waals surface area contributed by atoms with Crippen molar-refractivity contribution in [3.05, 3.63) is 0 Å². The van der Waals surface area contributed by atoms with Gasteiger partial charge in [-0.25, -0.2) is 0 Å². The highest BCUT2D eigenvalue weighted by molar-refractivity contribution is 5.79. The van der Waals surface area contributed by atoms with Gasteiger partial charge in [-0.15, -0.1) is 0 Å². The van der Waals surface area contributed by atoms with Gasteiger partial charge in [0.05, 0.1) is 6.61 Å². The van der Waals surface area contributed by atoms with Crippen LogP contribution in [0.15, 0.2) is 4.99 Å². The molecule has 2 saturated carbocycles. The molecule has 2 aliphatic carbocycles. The Morgan fingerprint density at radius 1 is 1.35 bits per heavy atom. The van der Waals surface area contributed by atoms with Crippen LogP contribution < -0.4 is 5.32 Å². The van der Waals surface area contributed by atoms with Gasteiger partial charge in [0.2, 0.25) is 0 Å². The average Bonchev–Trinajstić information content (AvgIpc) is 3.16. The minimum atomic E-state index is 0.458. The first-order valence-electron chi connectivity index (χ1n) is 8.12. The van der Waals surface area contributed by atoms with E-state index in [4.69, 9.17) is 4.74 Å². The summed E-state index contributed by atoms with van der Waals surface area (Å²) in [7, 11) is 3.95. The lowest BCUT2D eigenvalue weighted by Gasteiger charge is -2.28. The molecule has 0 aromatic rings. The SMILES string of the molecule is CN=C(NCC1(C)CCCC1)N(C)CCOCC1CC1. The number of aliphatic imine (C=N–C) groups is 1. The molecule has 0 bridgehead atoms. The molecule has 0 aromatic carbocycles. The van der Waals surface area contributed by atoms with E-state index >= 15 is 0 Å². The van der Waals surface area contributed by atoms with Gasteiger partial charge < -0.3 is 15.0 Å². The predicted octanol–water partition coefficient (Wildman–Crippen LogP) is 2.50. The van der Waals surface area contributed by atoms with E-state index in [1.807, 2.05) is 7.05 Å². The van der Waals surface area contributed by atoms with Gasteiger partial charge in [-0.2, -0.15) is 0 Å². The van der Waals surface area contributed by atoms with E-state index in [2.05, 4.69) is 29.2 Å². The Bertz CT molecular complexity index is 320. The van der Waals surface area contributed by atoms with Gasteiger partial charge in [0, 0.05) is 33.8 Å². The Labute approximate surface area is 124 Å². The Kier molecular flexibility index (Phi) is 5.70. The molecule has 0 radical (unpaired) electrons. The fourth-order valence-electron chi connectivity index (χ4n) is 2.92. The molecule has 4 nitrogen and oxygen atoms in total. The zero-order chi connectivity index (χ0) is 14.4. The third kappa shape index (κ3) is 4.97. The van der Waals surface area contributed by atoms with Gasteiger partial charge in [0.1, 0.15) is 0 Å². The third-order valence-corrected chi connectivity index (χ3v) is 4.68. The maximum absolute atomic E-state index is 5.70. The topological polar surface area (TPSA) is 36.9 Å². The molecule has 20 heavy (non-hydrogen) atoms. The molecule has 0 unspecified atom stereocenters. The summed E-state index contributed by atoms with van der Waals surface area (Å²) in [6.45, 7) is 6.07. The highest BCUT2D eigenvalue weighted by atomic mass is 16.5. The number of guanidine groups is 1. The number of nitrogens with one attached hydrogen (secondary N) is 1. The van der Waals surface area contributed by atoms with Crippen molar-refractivity contribution in [1.82, 2.24) is 10.2 Å². The van der Waals surface area contributed by atoms with Crippen LogP contribution in [0.2, 0.25) is 0 Å². The zero-order valence-corrected chi connectivity index (χ0v) is 13.5. The Balaban J connectivity index is 1.64. The van der Waals surface area contributed by atoms with E-state index < -0.39 is 0 Å². The van der Waals surface area contributed by atoms with Crippen molar-refractivity contribution >= 4 is 5.96 Å². The molecule has 116 valence electrons. The summed E-state index contributed by atoms with van der Waals surface area (Å²) in [4.78, 5) is 6.55. The van der Waals surface area contributed by atoms with Crippen molar-refractivity contribution in [3.8, 4) is 0 Å². The Morgan fingerprint density at radius 3 is 2.65 bits per heavy atom. The number of hydrogen-bond acceptors (Lipinski definition) is 2. The number of likely N-dealkylation sites (N-methyl/N-ethyl adjacent to an activating group) is 1. The monoisotopic (exact) mass is 281 g/mol. The molecule has 2 fully saturated rings. The lowest BCUT2D eigenvalue weighted by Crippen LogP contribution is -2.44. The summed E-state index contributed by atoms with van der Waals surface area (Å²) < 4.78 is 5.70. The van der Waals surface area contributed by atoms with Crippen molar-refractivity contribution in [3.63, 3.8) is 0 Å². The fourth-order valence-corrected chi connectivity index (χ4v) is 2.92. The molecule has 0 atom stereocenters. The van der Waals surface area contributed by atoms with Crippen LogP contribution in [0.4, 0.5) is 0 Å².